The summed E-state index contributed by atoms with van der Waals surface area (Å²) in [6.45, 7) is 2.08. The van der Waals surface area contributed by atoms with Crippen LogP contribution in [0.4, 0.5) is 5.69 Å². The van der Waals surface area contributed by atoms with Gasteiger partial charge in [0.25, 0.3) is 0 Å². The fourth-order valence-electron chi connectivity index (χ4n) is 2.06. The summed E-state index contributed by atoms with van der Waals surface area (Å²) in [5.41, 5.74) is 7.50. The smallest absolute Gasteiger partial charge is 0.138 e. The van der Waals surface area contributed by atoms with Gasteiger partial charge in [0.2, 0.25) is 0 Å². The molecule has 0 radical (unpaired) electrons. The van der Waals surface area contributed by atoms with Crippen molar-refractivity contribution in [3.63, 3.8) is 0 Å². The molecule has 0 aromatic heterocycles. The molecule has 76 valence electrons. The summed E-state index contributed by atoms with van der Waals surface area (Å²) in [5.74, 6) is 0.712. The van der Waals surface area contributed by atoms with Gasteiger partial charge in [-0.05, 0) is 43.5 Å². The van der Waals surface area contributed by atoms with E-state index in [9.17, 15) is 5.11 Å². The largest absolute Gasteiger partial charge is 0.506 e. The normalized spacial score (nSPS) is 18.3. The first kappa shape index (κ1) is 9.34. The van der Waals surface area contributed by atoms with Crippen LogP contribution in [0.5, 0.6) is 5.75 Å². The van der Waals surface area contributed by atoms with Crippen molar-refractivity contribution in [2.45, 2.75) is 18.8 Å². The molecule has 2 rings (SSSR count). The summed E-state index contributed by atoms with van der Waals surface area (Å²) in [4.78, 5) is 0. The Balaban J connectivity index is 2.26. The van der Waals surface area contributed by atoms with E-state index in [4.69, 9.17) is 5.73 Å². The van der Waals surface area contributed by atoms with Crippen molar-refractivity contribution in [2.75, 3.05) is 18.8 Å². The highest BCUT2D eigenvalue weighted by Gasteiger charge is 2.18. The second kappa shape index (κ2) is 3.88. The lowest BCUT2D eigenvalue weighted by Gasteiger charge is -2.24. The number of hydrogen-bond donors (Lipinski definition) is 3. The van der Waals surface area contributed by atoms with Crippen LogP contribution in [0.2, 0.25) is 0 Å². The molecule has 1 aliphatic rings. The van der Waals surface area contributed by atoms with E-state index in [-0.39, 0.29) is 5.75 Å². The molecule has 0 bridgehead atoms. The fraction of sp³-hybridized carbons (Fsp3) is 0.455. The maximum atomic E-state index is 9.49. The van der Waals surface area contributed by atoms with Crippen molar-refractivity contribution in [1.29, 1.82) is 0 Å². The Morgan fingerprint density at radius 3 is 2.71 bits per heavy atom. The van der Waals surface area contributed by atoms with Crippen LogP contribution in [0.3, 0.4) is 0 Å². The van der Waals surface area contributed by atoms with Crippen molar-refractivity contribution < 1.29 is 5.11 Å². The zero-order valence-corrected chi connectivity index (χ0v) is 8.16. The van der Waals surface area contributed by atoms with E-state index < -0.39 is 0 Å². The first-order valence-electron chi connectivity index (χ1n) is 5.07. The van der Waals surface area contributed by atoms with Gasteiger partial charge in [-0.3, -0.25) is 0 Å². The molecular formula is C11H16N2O. The monoisotopic (exact) mass is 192 g/mol. The fourth-order valence-corrected chi connectivity index (χ4v) is 2.06. The number of para-hydroxylation sites is 1. The molecule has 0 atom stereocenters. The van der Waals surface area contributed by atoms with Crippen LogP contribution in [0, 0.1) is 0 Å². The quantitative estimate of drug-likeness (QED) is 0.466. The van der Waals surface area contributed by atoms with Crippen molar-refractivity contribution in [3.8, 4) is 5.75 Å². The van der Waals surface area contributed by atoms with Gasteiger partial charge in [-0.1, -0.05) is 12.1 Å². The second-order valence-corrected chi connectivity index (χ2v) is 3.80. The number of benzene rings is 1. The van der Waals surface area contributed by atoms with Crippen molar-refractivity contribution >= 4 is 5.69 Å². The lowest BCUT2D eigenvalue weighted by Crippen LogP contribution is -2.27. The van der Waals surface area contributed by atoms with Crippen LogP contribution >= 0.6 is 0 Å². The zero-order chi connectivity index (χ0) is 9.97. The summed E-state index contributed by atoms with van der Waals surface area (Å²) in [6, 6.07) is 5.52. The maximum Gasteiger partial charge on any atom is 0.138 e. The first-order valence-corrected chi connectivity index (χ1v) is 5.07. The van der Waals surface area contributed by atoms with Gasteiger partial charge in [0.1, 0.15) is 5.75 Å². The highest BCUT2D eigenvalue weighted by atomic mass is 16.3. The number of anilines is 1. The highest BCUT2D eigenvalue weighted by molar-refractivity contribution is 5.58. The predicted octanol–water partition coefficient (Wildman–Crippen LogP) is 1.44. The third-order valence-corrected chi connectivity index (χ3v) is 2.90. The lowest BCUT2D eigenvalue weighted by molar-refractivity contribution is 0.454. The van der Waals surface area contributed by atoms with Gasteiger partial charge < -0.3 is 16.2 Å². The average Bonchev–Trinajstić information content (AvgIpc) is 2.23. The third kappa shape index (κ3) is 1.68. The van der Waals surface area contributed by atoms with Crippen molar-refractivity contribution in [1.82, 2.24) is 5.32 Å². The summed E-state index contributed by atoms with van der Waals surface area (Å²) in [7, 11) is 0. The number of phenols is 1. The molecule has 1 aliphatic heterocycles. The summed E-state index contributed by atoms with van der Waals surface area (Å²) >= 11 is 0. The van der Waals surface area contributed by atoms with Gasteiger partial charge >= 0.3 is 0 Å². The van der Waals surface area contributed by atoms with Crippen LogP contribution in [0.15, 0.2) is 18.2 Å². The Bertz CT molecular complexity index is 319. The molecule has 14 heavy (non-hydrogen) atoms. The number of nitrogens with one attached hydrogen (secondary N) is 1. The topological polar surface area (TPSA) is 58.3 Å². The third-order valence-electron chi connectivity index (χ3n) is 2.90. The number of aromatic hydroxyl groups is 1. The molecule has 0 unspecified atom stereocenters. The average molecular weight is 192 g/mol. The summed E-state index contributed by atoms with van der Waals surface area (Å²) < 4.78 is 0. The molecule has 4 N–H and O–H groups in total. The van der Waals surface area contributed by atoms with Gasteiger partial charge in [0.15, 0.2) is 0 Å². The highest BCUT2D eigenvalue weighted by Crippen LogP contribution is 2.33. The van der Waals surface area contributed by atoms with Crippen LogP contribution < -0.4 is 11.1 Å². The van der Waals surface area contributed by atoms with Crippen LogP contribution in [0.1, 0.15) is 24.3 Å². The number of hydrogen-bond acceptors (Lipinski definition) is 3. The molecular weight excluding hydrogens is 176 g/mol. The van der Waals surface area contributed by atoms with Gasteiger partial charge in [-0.2, -0.15) is 0 Å². The van der Waals surface area contributed by atoms with E-state index in [1.54, 1.807) is 6.07 Å². The molecule has 3 heteroatoms. The maximum absolute atomic E-state index is 9.49. The minimum absolute atomic E-state index is 0.209. The van der Waals surface area contributed by atoms with E-state index in [1.165, 1.54) is 0 Å². The minimum Gasteiger partial charge on any atom is -0.506 e. The zero-order valence-electron chi connectivity index (χ0n) is 8.16. The van der Waals surface area contributed by atoms with E-state index in [0.29, 0.717) is 11.6 Å². The molecule has 0 saturated carbocycles. The summed E-state index contributed by atoms with van der Waals surface area (Å²) in [5, 5.41) is 12.8. The van der Waals surface area contributed by atoms with Gasteiger partial charge in [0.05, 0.1) is 5.69 Å². The second-order valence-electron chi connectivity index (χ2n) is 3.80. The van der Waals surface area contributed by atoms with E-state index >= 15 is 0 Å². The number of phenolic OH excluding ortho intramolecular Hbond substituents is 1. The SMILES string of the molecule is Nc1c(O)cccc1C1CCNCC1. The number of piperidine rings is 1. The van der Waals surface area contributed by atoms with E-state index in [0.717, 1.165) is 31.5 Å². The van der Waals surface area contributed by atoms with Crippen LogP contribution in [0.25, 0.3) is 0 Å². The van der Waals surface area contributed by atoms with Crippen LogP contribution in [-0.4, -0.2) is 18.2 Å². The molecule has 0 amide bonds. The number of rotatable bonds is 1. The Morgan fingerprint density at radius 1 is 1.29 bits per heavy atom. The lowest BCUT2D eigenvalue weighted by atomic mass is 9.89. The van der Waals surface area contributed by atoms with Crippen molar-refractivity contribution in [3.05, 3.63) is 23.8 Å². The first-order chi connectivity index (χ1) is 6.79. The molecule has 1 heterocycles. The Labute approximate surface area is 83.9 Å². The van der Waals surface area contributed by atoms with E-state index in [1.807, 2.05) is 12.1 Å². The Hall–Kier alpha value is -1.22. The molecule has 1 saturated heterocycles. The summed E-state index contributed by atoms with van der Waals surface area (Å²) in [6.07, 6.45) is 2.21. The minimum atomic E-state index is 0.209. The standard InChI is InChI=1S/C11H16N2O/c12-11-9(2-1-3-10(11)14)8-4-6-13-7-5-8/h1-3,8,13-14H,4-7,12H2. The molecule has 1 aromatic carbocycles. The van der Waals surface area contributed by atoms with Gasteiger partial charge in [-0.15, -0.1) is 0 Å². The molecule has 1 fully saturated rings. The molecule has 1 aromatic rings. The van der Waals surface area contributed by atoms with Gasteiger partial charge in [-0.25, -0.2) is 0 Å². The van der Waals surface area contributed by atoms with Gasteiger partial charge in [0, 0.05) is 0 Å². The predicted molar refractivity (Wildman–Crippen MR) is 57.4 cm³/mol. The molecule has 0 spiro atoms. The number of nitrogen functional groups attached to an aromatic ring is 1. The molecule has 3 nitrogen and oxygen atoms in total. The Morgan fingerprint density at radius 2 is 2.00 bits per heavy atom. The van der Waals surface area contributed by atoms with Crippen LogP contribution in [-0.2, 0) is 0 Å². The van der Waals surface area contributed by atoms with E-state index in [2.05, 4.69) is 5.32 Å². The van der Waals surface area contributed by atoms with Crippen molar-refractivity contribution in [2.24, 2.45) is 0 Å². The molecule has 0 aliphatic carbocycles. The Kier molecular flexibility index (Phi) is 2.59. The number of nitrogens with two attached hydrogens (primary N) is 1.